The van der Waals surface area contributed by atoms with Gasteiger partial charge in [-0.15, -0.1) is 0 Å². The van der Waals surface area contributed by atoms with Gasteiger partial charge in [0, 0.05) is 0 Å². The van der Waals surface area contributed by atoms with E-state index >= 15 is 0 Å². The van der Waals surface area contributed by atoms with E-state index in [2.05, 4.69) is 40.7 Å². The first-order valence-electron chi connectivity index (χ1n) is 0.228. The summed E-state index contributed by atoms with van der Waals surface area (Å²) in [6, 6.07) is 0. The molecule has 0 unspecified atom stereocenters. The molecule has 5 heteroatoms. The molecule has 0 amide bonds. The molecule has 0 heterocycles. The molecular weight excluding hydrogens is 486 g/mol. The summed E-state index contributed by atoms with van der Waals surface area (Å²) in [5.41, 5.74) is 0. The first kappa shape index (κ1) is 16.2. The number of rotatable bonds is 0. The van der Waals surface area contributed by atoms with E-state index in [1.165, 1.54) is 0 Å². The van der Waals surface area contributed by atoms with Crippen molar-refractivity contribution < 1.29 is 89.8 Å². The number of hydrogen-bond acceptors (Lipinski definition) is 0. The quantitative estimate of drug-likeness (QED) is 0.241. The van der Waals surface area contributed by atoms with Crippen LogP contribution < -0.4 is 81.3 Å². The van der Waals surface area contributed by atoms with Crippen molar-refractivity contribution in [3.63, 3.8) is 0 Å². The Kier molecular flexibility index (Phi) is 50.9. The van der Waals surface area contributed by atoms with E-state index in [0.717, 1.165) is 0 Å². The third-order valence-corrected chi connectivity index (χ3v) is 0. The molecule has 0 aromatic heterocycles. The molecule has 0 atom stereocenters. The van der Waals surface area contributed by atoms with Crippen LogP contribution in [0.5, 0.6) is 0 Å². The van der Waals surface area contributed by atoms with Gasteiger partial charge < -0.3 is 12.4 Å². The molecule has 5 heavy (non-hydrogen) atoms. The molecule has 0 bridgehead atoms. The molecule has 0 saturated heterocycles. The van der Waals surface area contributed by atoms with Gasteiger partial charge in [-0.25, -0.2) is 0 Å². The standard InChI is InChI=1S/ClH.Cs.Cu.2HI/h1H;;;2*1H/q;+1;+2;;/p-3. The predicted octanol–water partition coefficient (Wildman–Crippen LogP) is -4.22. The first-order valence-corrected chi connectivity index (χ1v) is 6.30. The van der Waals surface area contributed by atoms with Crippen molar-refractivity contribution >= 4 is 40.7 Å². The average molecular weight is 486 g/mol. The van der Waals surface area contributed by atoms with Crippen LogP contribution in [0.15, 0.2) is 0 Å². The third kappa shape index (κ3) is 17.8. The Hall–Kier alpha value is 4.32. The van der Waals surface area contributed by atoms with E-state index in [0.29, 0.717) is 0 Å². The molecule has 0 radical (unpaired) electrons. The van der Waals surface area contributed by atoms with Gasteiger partial charge in [-0.05, 0) is 0 Å². The summed E-state index contributed by atoms with van der Waals surface area (Å²) in [5.74, 6) is 0. The second-order valence-corrected chi connectivity index (χ2v) is 7.99. The minimum absolute atomic E-state index is 0. The van der Waals surface area contributed by atoms with E-state index in [4.69, 9.17) is 0 Å². The van der Waals surface area contributed by atoms with Crippen molar-refractivity contribution in [1.82, 2.24) is 0 Å². The Morgan fingerprint density at radius 3 is 1.20 bits per heavy atom. The van der Waals surface area contributed by atoms with Gasteiger partial charge in [0.05, 0.1) is 0 Å². The zero-order chi connectivity index (χ0) is 2.71. The zero-order valence-corrected chi connectivity index (χ0v) is 14.7. The van der Waals surface area contributed by atoms with Gasteiger partial charge in [0.2, 0.25) is 0 Å². The van der Waals surface area contributed by atoms with Crippen LogP contribution in [0.2, 0.25) is 0 Å². The summed E-state index contributed by atoms with van der Waals surface area (Å²) in [4.78, 5) is 0. The first-order chi connectivity index (χ1) is 1.41. The molecular formula is ClCsCuI2. The molecule has 0 N–H and O–H groups in total. The molecule has 0 aliphatic rings. The van der Waals surface area contributed by atoms with Crippen LogP contribution in [-0.2, 0) is 8.46 Å². The predicted molar refractivity (Wildman–Crippen MR) is 28.0 cm³/mol. The van der Waals surface area contributed by atoms with Crippen molar-refractivity contribution in [2.45, 2.75) is 0 Å². The summed E-state index contributed by atoms with van der Waals surface area (Å²) in [6.07, 6.45) is 0. The van der Waals surface area contributed by atoms with Crippen LogP contribution in [0.4, 0.5) is 0 Å². The topological polar surface area (TPSA) is 0 Å². The maximum absolute atomic E-state index is 2.18. The fourth-order valence-electron chi connectivity index (χ4n) is 0. The molecule has 0 aromatic rings. The molecule has 0 aromatic carbocycles. The van der Waals surface area contributed by atoms with Crippen LogP contribution in [0.25, 0.3) is 0 Å². The molecule has 0 saturated carbocycles. The van der Waals surface area contributed by atoms with Crippen molar-refractivity contribution in [1.29, 1.82) is 0 Å². The average Bonchev–Trinajstić information content (AvgIpc) is 0.918. The van der Waals surface area contributed by atoms with E-state index in [1.54, 1.807) is 8.46 Å². The molecule has 33 valence electrons. The summed E-state index contributed by atoms with van der Waals surface area (Å²) in [5, 5.41) is 0. The van der Waals surface area contributed by atoms with E-state index < -0.39 is 0 Å². The van der Waals surface area contributed by atoms with Crippen LogP contribution in [-0.4, -0.2) is 0 Å². The molecule has 0 fully saturated rings. The maximum atomic E-state index is 2.18. The fourth-order valence-corrected chi connectivity index (χ4v) is 0. The van der Waals surface area contributed by atoms with Crippen LogP contribution in [0.3, 0.4) is 0 Å². The number of hydrogen-bond donors (Lipinski definition) is 0. The minimum atomic E-state index is 0. The van der Waals surface area contributed by atoms with Gasteiger partial charge in [-0.3, -0.25) is 0 Å². The van der Waals surface area contributed by atoms with Crippen molar-refractivity contribution in [2.24, 2.45) is 0 Å². The van der Waals surface area contributed by atoms with Crippen LogP contribution in [0.1, 0.15) is 0 Å². The van der Waals surface area contributed by atoms with E-state index in [9.17, 15) is 0 Å². The monoisotopic (exact) mass is 485 g/mol. The molecule has 0 aliphatic carbocycles. The number of halogens is 3. The molecule has 0 nitrogen and oxygen atoms in total. The molecule has 0 spiro atoms. The Morgan fingerprint density at radius 1 is 1.20 bits per heavy atom. The Bertz CT molecular complexity index is 9.61. The van der Waals surface area contributed by atoms with Gasteiger partial charge in [0.1, 0.15) is 0 Å². The normalized spacial score (nSPS) is 4.40. The summed E-state index contributed by atoms with van der Waals surface area (Å²) in [7, 11) is 1.75. The van der Waals surface area contributed by atoms with Gasteiger partial charge in [0.15, 0.2) is 0 Å². The summed E-state index contributed by atoms with van der Waals surface area (Å²) in [6.45, 7) is 0. The summed E-state index contributed by atoms with van der Waals surface area (Å²) >= 11 is 4.36. The van der Waals surface area contributed by atoms with Crippen LogP contribution >= 0.6 is 40.7 Å². The van der Waals surface area contributed by atoms with Gasteiger partial charge in [-0.2, -0.15) is 0 Å². The molecule has 0 rings (SSSR count). The van der Waals surface area contributed by atoms with Crippen molar-refractivity contribution in [2.75, 3.05) is 0 Å². The van der Waals surface area contributed by atoms with E-state index in [1.807, 2.05) is 0 Å². The summed E-state index contributed by atoms with van der Waals surface area (Å²) < 4.78 is 0. The Balaban J connectivity index is -0.0000000200. The molecule has 0 aliphatic heterocycles. The third-order valence-electron chi connectivity index (χ3n) is 0. The second kappa shape index (κ2) is 15.8. The van der Waals surface area contributed by atoms with E-state index in [-0.39, 0.29) is 81.3 Å². The van der Waals surface area contributed by atoms with Gasteiger partial charge in [-0.1, -0.05) is 0 Å². The SMILES string of the molecule is [Cl-].[Cs+].[I][Cu][I]. The van der Waals surface area contributed by atoms with Gasteiger partial charge >= 0.3 is 118 Å². The Labute approximate surface area is 126 Å². The van der Waals surface area contributed by atoms with Crippen molar-refractivity contribution in [3.8, 4) is 0 Å². The van der Waals surface area contributed by atoms with Crippen molar-refractivity contribution in [3.05, 3.63) is 0 Å². The van der Waals surface area contributed by atoms with Crippen LogP contribution in [0, 0.1) is 0 Å². The Morgan fingerprint density at radius 2 is 1.20 bits per heavy atom. The van der Waals surface area contributed by atoms with Gasteiger partial charge in [0.25, 0.3) is 0 Å². The zero-order valence-electron chi connectivity index (χ0n) is 2.44. The fraction of sp³-hybridized carbons (Fsp3) is 0. The second-order valence-electron chi connectivity index (χ2n) is 0.0431.